The molecule has 2 heterocycles. The third kappa shape index (κ3) is 3.24. The fourth-order valence-corrected chi connectivity index (χ4v) is 3.34. The predicted octanol–water partition coefficient (Wildman–Crippen LogP) is 3.74. The standard InChI is InChI=1S/C19H17BrN6O2/c1-26-14-6-5-12(20)9-13(14)17-18(26)22-19(25-23-17)24-21-10-11-4-7-15(27-2)16(8-11)28-3/h4-10H,1-3H3,(H,22,24,25)/b21-10+. The maximum Gasteiger partial charge on any atom is 0.265 e. The van der Waals surface area contributed by atoms with E-state index in [1.807, 2.05) is 48.0 Å². The van der Waals surface area contributed by atoms with Gasteiger partial charge in [-0.15, -0.1) is 10.2 Å². The fraction of sp³-hybridized carbons (Fsp3) is 0.158. The fourth-order valence-electron chi connectivity index (χ4n) is 2.98. The van der Waals surface area contributed by atoms with Gasteiger partial charge in [0.2, 0.25) is 0 Å². The molecule has 8 nitrogen and oxygen atoms in total. The Hall–Kier alpha value is -3.20. The lowest BCUT2D eigenvalue weighted by atomic mass is 10.2. The molecule has 1 N–H and O–H groups in total. The minimum atomic E-state index is 0.314. The Balaban J connectivity index is 1.61. The largest absolute Gasteiger partial charge is 0.493 e. The van der Waals surface area contributed by atoms with E-state index in [4.69, 9.17) is 9.47 Å². The van der Waals surface area contributed by atoms with E-state index in [0.29, 0.717) is 17.4 Å². The summed E-state index contributed by atoms with van der Waals surface area (Å²) in [6.45, 7) is 0. The van der Waals surface area contributed by atoms with E-state index < -0.39 is 0 Å². The lowest BCUT2D eigenvalue weighted by Gasteiger charge is -2.07. The first-order chi connectivity index (χ1) is 13.6. The first-order valence-corrected chi connectivity index (χ1v) is 9.19. The molecule has 0 unspecified atom stereocenters. The molecule has 0 aliphatic rings. The van der Waals surface area contributed by atoms with E-state index in [0.717, 1.165) is 32.1 Å². The van der Waals surface area contributed by atoms with Crippen molar-refractivity contribution in [2.24, 2.45) is 12.1 Å². The topological polar surface area (TPSA) is 86.5 Å². The van der Waals surface area contributed by atoms with E-state index in [1.54, 1.807) is 20.4 Å². The van der Waals surface area contributed by atoms with Crippen molar-refractivity contribution in [2.45, 2.75) is 0 Å². The number of rotatable bonds is 5. The normalized spacial score (nSPS) is 11.4. The summed E-state index contributed by atoms with van der Waals surface area (Å²) in [7, 11) is 5.14. The zero-order valence-corrected chi connectivity index (χ0v) is 17.1. The first-order valence-electron chi connectivity index (χ1n) is 8.40. The smallest absolute Gasteiger partial charge is 0.265 e. The van der Waals surface area contributed by atoms with Crippen molar-refractivity contribution in [1.29, 1.82) is 0 Å². The summed E-state index contributed by atoms with van der Waals surface area (Å²) in [5.74, 6) is 1.61. The minimum absolute atomic E-state index is 0.314. The van der Waals surface area contributed by atoms with E-state index in [1.165, 1.54) is 0 Å². The van der Waals surface area contributed by atoms with Crippen LogP contribution in [0.5, 0.6) is 11.5 Å². The molecule has 0 fully saturated rings. The van der Waals surface area contributed by atoms with Gasteiger partial charge in [-0.25, -0.2) is 5.43 Å². The van der Waals surface area contributed by atoms with Gasteiger partial charge in [-0.2, -0.15) is 10.1 Å². The van der Waals surface area contributed by atoms with Crippen molar-refractivity contribution >= 4 is 50.2 Å². The molecule has 0 aliphatic heterocycles. The molecular formula is C19H17BrN6O2. The Morgan fingerprint density at radius 2 is 1.89 bits per heavy atom. The number of fused-ring (bicyclic) bond motifs is 3. The lowest BCUT2D eigenvalue weighted by Crippen LogP contribution is -2.01. The number of aromatic nitrogens is 4. The van der Waals surface area contributed by atoms with Crippen molar-refractivity contribution in [3.8, 4) is 11.5 Å². The molecule has 2 aromatic heterocycles. The first kappa shape index (κ1) is 18.2. The van der Waals surface area contributed by atoms with E-state index in [-0.39, 0.29) is 0 Å². The number of halogens is 1. The van der Waals surface area contributed by atoms with Crippen molar-refractivity contribution in [3.63, 3.8) is 0 Å². The van der Waals surface area contributed by atoms with Gasteiger partial charge in [0.1, 0.15) is 5.52 Å². The summed E-state index contributed by atoms with van der Waals surface area (Å²) in [6, 6.07) is 11.5. The molecule has 4 aromatic rings. The molecule has 0 atom stereocenters. The molecule has 0 saturated heterocycles. The predicted molar refractivity (Wildman–Crippen MR) is 112 cm³/mol. The van der Waals surface area contributed by atoms with Crippen LogP contribution < -0.4 is 14.9 Å². The molecule has 0 saturated carbocycles. The number of hydrazone groups is 1. The zero-order valence-electron chi connectivity index (χ0n) is 15.5. The number of hydrogen-bond donors (Lipinski definition) is 1. The van der Waals surface area contributed by atoms with Crippen LogP contribution in [0.1, 0.15) is 5.56 Å². The third-order valence-electron chi connectivity index (χ3n) is 4.35. The van der Waals surface area contributed by atoms with Crippen LogP contribution in [-0.2, 0) is 7.05 Å². The molecular weight excluding hydrogens is 424 g/mol. The monoisotopic (exact) mass is 440 g/mol. The van der Waals surface area contributed by atoms with Gasteiger partial charge in [0.25, 0.3) is 5.95 Å². The highest BCUT2D eigenvalue weighted by molar-refractivity contribution is 9.10. The van der Waals surface area contributed by atoms with Crippen LogP contribution in [0.15, 0.2) is 46.0 Å². The number of anilines is 1. The molecule has 0 radical (unpaired) electrons. The number of benzene rings is 2. The molecule has 142 valence electrons. The molecule has 2 aromatic carbocycles. The zero-order chi connectivity index (χ0) is 19.7. The highest BCUT2D eigenvalue weighted by Crippen LogP contribution is 2.28. The molecule has 0 spiro atoms. The van der Waals surface area contributed by atoms with Gasteiger partial charge in [-0.1, -0.05) is 15.9 Å². The van der Waals surface area contributed by atoms with E-state index in [2.05, 4.69) is 41.6 Å². The Kier molecular flexibility index (Phi) is 4.82. The second-order valence-corrected chi connectivity index (χ2v) is 6.93. The second-order valence-electron chi connectivity index (χ2n) is 6.01. The van der Waals surface area contributed by atoms with Crippen molar-refractivity contribution < 1.29 is 9.47 Å². The number of hydrogen-bond acceptors (Lipinski definition) is 7. The Morgan fingerprint density at radius 1 is 1.07 bits per heavy atom. The van der Waals surface area contributed by atoms with Gasteiger partial charge in [0, 0.05) is 16.9 Å². The molecule has 0 amide bonds. The summed E-state index contributed by atoms with van der Waals surface area (Å²) >= 11 is 3.49. The average Bonchev–Trinajstić information content (AvgIpc) is 2.99. The van der Waals surface area contributed by atoms with Crippen molar-refractivity contribution in [1.82, 2.24) is 19.7 Å². The number of ether oxygens (including phenoxy) is 2. The van der Waals surface area contributed by atoms with E-state index in [9.17, 15) is 0 Å². The van der Waals surface area contributed by atoms with Gasteiger partial charge < -0.3 is 14.0 Å². The second kappa shape index (κ2) is 7.43. The Labute approximate surface area is 169 Å². The number of methoxy groups -OCH3 is 2. The molecule has 28 heavy (non-hydrogen) atoms. The lowest BCUT2D eigenvalue weighted by molar-refractivity contribution is 0.355. The van der Waals surface area contributed by atoms with Gasteiger partial charge in [-0.3, -0.25) is 0 Å². The van der Waals surface area contributed by atoms with Crippen LogP contribution in [0.25, 0.3) is 22.1 Å². The van der Waals surface area contributed by atoms with Gasteiger partial charge in [0.05, 0.1) is 26.0 Å². The van der Waals surface area contributed by atoms with Gasteiger partial charge in [0.15, 0.2) is 17.1 Å². The third-order valence-corrected chi connectivity index (χ3v) is 4.84. The maximum absolute atomic E-state index is 5.29. The molecule has 9 heteroatoms. The number of nitrogens with zero attached hydrogens (tertiary/aromatic N) is 5. The highest BCUT2D eigenvalue weighted by Gasteiger charge is 2.12. The van der Waals surface area contributed by atoms with Crippen molar-refractivity contribution in [3.05, 3.63) is 46.4 Å². The molecule has 0 bridgehead atoms. The molecule has 4 rings (SSSR count). The summed E-state index contributed by atoms with van der Waals surface area (Å²) in [4.78, 5) is 4.54. The van der Waals surface area contributed by atoms with Crippen LogP contribution in [-0.4, -0.2) is 40.2 Å². The number of aryl methyl sites for hydroxylation is 1. The van der Waals surface area contributed by atoms with E-state index >= 15 is 0 Å². The van der Waals surface area contributed by atoms with Crippen LogP contribution in [0.2, 0.25) is 0 Å². The summed E-state index contributed by atoms with van der Waals surface area (Å²) in [6.07, 6.45) is 1.65. The minimum Gasteiger partial charge on any atom is -0.493 e. The molecule has 0 aliphatic carbocycles. The SMILES string of the molecule is COc1ccc(/C=N/Nc2nnc3c4cc(Br)ccc4n(C)c3n2)cc1OC. The summed E-state index contributed by atoms with van der Waals surface area (Å²) in [5, 5.41) is 13.6. The number of nitrogens with one attached hydrogen (secondary N) is 1. The quantitative estimate of drug-likeness (QED) is 0.375. The highest BCUT2D eigenvalue weighted by atomic mass is 79.9. The average molecular weight is 441 g/mol. The van der Waals surface area contributed by atoms with Gasteiger partial charge in [-0.05, 0) is 42.0 Å². The van der Waals surface area contributed by atoms with Crippen LogP contribution in [0.3, 0.4) is 0 Å². The van der Waals surface area contributed by atoms with Crippen LogP contribution >= 0.6 is 15.9 Å². The summed E-state index contributed by atoms with van der Waals surface area (Å²) in [5.41, 5.74) is 6.17. The Bertz CT molecular complexity index is 1200. The maximum atomic E-state index is 5.29. The summed E-state index contributed by atoms with van der Waals surface area (Å²) < 4.78 is 13.5. The van der Waals surface area contributed by atoms with Crippen LogP contribution in [0, 0.1) is 0 Å². The van der Waals surface area contributed by atoms with Crippen LogP contribution in [0.4, 0.5) is 5.95 Å². The van der Waals surface area contributed by atoms with Gasteiger partial charge >= 0.3 is 0 Å². The Morgan fingerprint density at radius 3 is 2.68 bits per heavy atom. The van der Waals surface area contributed by atoms with Crippen molar-refractivity contribution in [2.75, 3.05) is 19.6 Å².